The number of hydrogen-bond acceptors (Lipinski definition) is 7. The van der Waals surface area contributed by atoms with E-state index in [0.29, 0.717) is 5.56 Å². The van der Waals surface area contributed by atoms with Gasteiger partial charge in [0.05, 0.1) is 11.5 Å². The van der Waals surface area contributed by atoms with Crippen LogP contribution in [0.25, 0.3) is 11.4 Å². The molecule has 19 heavy (non-hydrogen) atoms. The molecule has 0 spiro atoms. The highest BCUT2D eigenvalue weighted by Crippen LogP contribution is 2.26. The van der Waals surface area contributed by atoms with Gasteiger partial charge < -0.3 is 15.4 Å². The molecule has 0 saturated heterocycles. The van der Waals surface area contributed by atoms with E-state index in [4.69, 9.17) is 15.4 Å². The monoisotopic (exact) mass is 264 g/mol. The van der Waals surface area contributed by atoms with Crippen LogP contribution in [0.1, 0.15) is 17.5 Å². The number of aromatic nitrogens is 2. The van der Waals surface area contributed by atoms with Gasteiger partial charge in [-0.2, -0.15) is 4.98 Å². The van der Waals surface area contributed by atoms with Crippen LogP contribution in [0.5, 0.6) is 0 Å². The maximum Gasteiger partial charge on any atom is 0.270 e. The molecule has 2 aromatic rings. The van der Waals surface area contributed by atoms with E-state index in [0.717, 1.165) is 5.56 Å². The summed E-state index contributed by atoms with van der Waals surface area (Å²) in [5.74, 6) is 0.295. The summed E-state index contributed by atoms with van der Waals surface area (Å²) < 4.78 is 4.91. The van der Waals surface area contributed by atoms with Crippen molar-refractivity contribution in [1.82, 2.24) is 10.1 Å². The third kappa shape index (κ3) is 2.59. The van der Waals surface area contributed by atoms with Gasteiger partial charge in [-0.25, -0.2) is 0 Å². The van der Waals surface area contributed by atoms with Gasteiger partial charge in [0.1, 0.15) is 6.04 Å². The van der Waals surface area contributed by atoms with Crippen LogP contribution in [0.15, 0.2) is 22.7 Å². The molecule has 0 saturated carbocycles. The highest BCUT2D eigenvalue weighted by Gasteiger charge is 2.18. The number of aliphatic hydroxyl groups is 1. The van der Waals surface area contributed by atoms with Crippen LogP contribution in [-0.4, -0.2) is 26.8 Å². The van der Waals surface area contributed by atoms with Gasteiger partial charge in [0.25, 0.3) is 5.69 Å². The lowest BCUT2D eigenvalue weighted by Crippen LogP contribution is -2.14. The highest BCUT2D eigenvalue weighted by atomic mass is 16.6. The molecular weight excluding hydrogens is 252 g/mol. The number of non-ortho nitro benzene ring substituents is 1. The first-order chi connectivity index (χ1) is 9.02. The molecule has 0 radical (unpaired) electrons. The zero-order chi connectivity index (χ0) is 14.0. The molecule has 0 aliphatic carbocycles. The molecule has 0 bridgehead atoms. The number of benzene rings is 1. The second-order valence-corrected chi connectivity index (χ2v) is 4.00. The largest absolute Gasteiger partial charge is 0.394 e. The number of aliphatic hydroxyl groups excluding tert-OH is 1. The molecule has 8 nitrogen and oxygen atoms in total. The summed E-state index contributed by atoms with van der Waals surface area (Å²) in [5.41, 5.74) is 6.76. The number of nitrogens with two attached hydrogens (primary N) is 1. The molecule has 0 aliphatic rings. The van der Waals surface area contributed by atoms with Crippen molar-refractivity contribution in [3.8, 4) is 11.4 Å². The Morgan fingerprint density at radius 2 is 2.32 bits per heavy atom. The Morgan fingerprint density at radius 3 is 2.95 bits per heavy atom. The van der Waals surface area contributed by atoms with Crippen LogP contribution < -0.4 is 5.73 Å². The van der Waals surface area contributed by atoms with Gasteiger partial charge in [0, 0.05) is 17.7 Å². The summed E-state index contributed by atoms with van der Waals surface area (Å²) in [4.78, 5) is 14.3. The van der Waals surface area contributed by atoms with E-state index in [1.807, 2.05) is 0 Å². The molecule has 0 fully saturated rings. The van der Waals surface area contributed by atoms with Gasteiger partial charge in [-0.1, -0.05) is 11.2 Å². The number of nitro benzene ring substituents is 1. The maximum absolute atomic E-state index is 10.7. The zero-order valence-corrected chi connectivity index (χ0v) is 10.1. The fraction of sp³-hybridized carbons (Fsp3) is 0.273. The van der Waals surface area contributed by atoms with Crippen molar-refractivity contribution >= 4 is 5.69 Å². The van der Waals surface area contributed by atoms with Gasteiger partial charge in [-0.15, -0.1) is 0 Å². The summed E-state index contributed by atoms with van der Waals surface area (Å²) in [5, 5.41) is 23.4. The van der Waals surface area contributed by atoms with Crippen LogP contribution in [0.3, 0.4) is 0 Å². The molecule has 0 amide bonds. The van der Waals surface area contributed by atoms with Gasteiger partial charge in [0.15, 0.2) is 0 Å². The standard InChI is InChI=1S/C11H12N4O4/c1-6-2-3-7(15(17)18)4-8(6)10-13-11(19-14-10)9(12)5-16/h2-4,9,16H,5,12H2,1H3. The minimum absolute atomic E-state index is 0.0570. The summed E-state index contributed by atoms with van der Waals surface area (Å²) in [6.07, 6.45) is 0. The van der Waals surface area contributed by atoms with Crippen molar-refractivity contribution in [3.05, 3.63) is 39.8 Å². The van der Waals surface area contributed by atoms with Crippen molar-refractivity contribution in [2.45, 2.75) is 13.0 Å². The lowest BCUT2D eigenvalue weighted by atomic mass is 10.1. The zero-order valence-electron chi connectivity index (χ0n) is 10.1. The van der Waals surface area contributed by atoms with Crippen molar-refractivity contribution < 1.29 is 14.6 Å². The fourth-order valence-corrected chi connectivity index (χ4v) is 1.54. The second-order valence-electron chi connectivity index (χ2n) is 4.00. The van der Waals surface area contributed by atoms with Crippen LogP contribution in [0, 0.1) is 17.0 Å². The predicted molar refractivity (Wildman–Crippen MR) is 65.1 cm³/mol. The molecule has 2 rings (SSSR count). The summed E-state index contributed by atoms with van der Waals surface area (Å²) in [7, 11) is 0. The molecule has 100 valence electrons. The topological polar surface area (TPSA) is 128 Å². The van der Waals surface area contributed by atoms with Gasteiger partial charge in [0.2, 0.25) is 11.7 Å². The molecule has 0 aliphatic heterocycles. The average molecular weight is 264 g/mol. The minimum Gasteiger partial charge on any atom is -0.394 e. The molecular formula is C11H12N4O4. The third-order valence-electron chi connectivity index (χ3n) is 2.63. The van der Waals surface area contributed by atoms with E-state index in [-0.39, 0.29) is 24.0 Å². The SMILES string of the molecule is Cc1ccc([N+](=O)[O-])cc1-c1noc(C(N)CO)n1. The maximum atomic E-state index is 10.7. The molecule has 3 N–H and O–H groups in total. The van der Waals surface area contributed by atoms with E-state index in [1.54, 1.807) is 13.0 Å². The van der Waals surface area contributed by atoms with Crippen molar-refractivity contribution in [2.75, 3.05) is 6.61 Å². The number of rotatable bonds is 4. The number of nitro groups is 1. The Hall–Kier alpha value is -2.32. The first-order valence-corrected chi connectivity index (χ1v) is 5.48. The van der Waals surface area contributed by atoms with Crippen LogP contribution in [-0.2, 0) is 0 Å². The van der Waals surface area contributed by atoms with Crippen molar-refractivity contribution in [1.29, 1.82) is 0 Å². The summed E-state index contributed by atoms with van der Waals surface area (Å²) in [6, 6.07) is 3.61. The van der Waals surface area contributed by atoms with E-state index in [1.165, 1.54) is 12.1 Å². The third-order valence-corrected chi connectivity index (χ3v) is 2.63. The van der Waals surface area contributed by atoms with E-state index in [9.17, 15) is 10.1 Å². The first-order valence-electron chi connectivity index (χ1n) is 5.48. The van der Waals surface area contributed by atoms with Gasteiger partial charge in [-0.05, 0) is 12.5 Å². The Balaban J connectivity index is 2.43. The van der Waals surface area contributed by atoms with E-state index in [2.05, 4.69) is 10.1 Å². The van der Waals surface area contributed by atoms with Crippen LogP contribution in [0.4, 0.5) is 5.69 Å². The molecule has 1 heterocycles. The van der Waals surface area contributed by atoms with Crippen molar-refractivity contribution in [3.63, 3.8) is 0 Å². The number of aryl methyl sites for hydroxylation is 1. The van der Waals surface area contributed by atoms with Gasteiger partial charge in [-0.3, -0.25) is 10.1 Å². The van der Waals surface area contributed by atoms with E-state index >= 15 is 0 Å². The molecule has 8 heteroatoms. The Kier molecular flexibility index (Phi) is 3.54. The smallest absolute Gasteiger partial charge is 0.270 e. The number of nitrogens with zero attached hydrogens (tertiary/aromatic N) is 3. The molecule has 1 aromatic carbocycles. The summed E-state index contributed by atoms with van der Waals surface area (Å²) >= 11 is 0. The predicted octanol–water partition coefficient (Wildman–Crippen LogP) is 0.945. The first kappa shape index (κ1) is 13.1. The highest BCUT2D eigenvalue weighted by molar-refractivity contribution is 5.63. The van der Waals surface area contributed by atoms with Gasteiger partial charge >= 0.3 is 0 Å². The molecule has 1 aromatic heterocycles. The Labute approximate surface area is 108 Å². The normalized spacial score (nSPS) is 12.4. The van der Waals surface area contributed by atoms with E-state index < -0.39 is 11.0 Å². The van der Waals surface area contributed by atoms with Crippen molar-refractivity contribution in [2.24, 2.45) is 5.73 Å². The summed E-state index contributed by atoms with van der Waals surface area (Å²) in [6.45, 7) is 1.45. The second kappa shape index (κ2) is 5.12. The quantitative estimate of drug-likeness (QED) is 0.621. The average Bonchev–Trinajstić information content (AvgIpc) is 2.87. The molecule has 1 atom stereocenters. The number of hydrogen-bond donors (Lipinski definition) is 2. The Morgan fingerprint density at radius 1 is 1.58 bits per heavy atom. The fourth-order valence-electron chi connectivity index (χ4n) is 1.54. The lowest BCUT2D eigenvalue weighted by molar-refractivity contribution is -0.384. The lowest BCUT2D eigenvalue weighted by Gasteiger charge is -2.01. The van der Waals surface area contributed by atoms with Crippen LogP contribution in [0.2, 0.25) is 0 Å². The van der Waals surface area contributed by atoms with Crippen LogP contribution >= 0.6 is 0 Å². The minimum atomic E-state index is -0.764. The molecule has 1 unspecified atom stereocenters. The Bertz CT molecular complexity index is 610.